The zero-order valence-electron chi connectivity index (χ0n) is 14.1. The summed E-state index contributed by atoms with van der Waals surface area (Å²) in [4.78, 5) is 29.8. The fourth-order valence-corrected chi connectivity index (χ4v) is 2.97. The topological polar surface area (TPSA) is 84.7 Å². The van der Waals surface area contributed by atoms with E-state index >= 15 is 0 Å². The third-order valence-electron chi connectivity index (χ3n) is 4.30. The molecule has 1 aliphatic rings. The summed E-state index contributed by atoms with van der Waals surface area (Å²) in [6.07, 6.45) is 5.36. The second kappa shape index (κ2) is 7.83. The SMILES string of the molecule is COC(=O)N1CCCCC(NC(=O)c2ccc(-c3cnco3)cc2)C1. The molecule has 0 aliphatic carbocycles. The molecule has 3 rings (SSSR count). The predicted molar refractivity (Wildman–Crippen MR) is 91.0 cm³/mol. The molecule has 0 radical (unpaired) electrons. The molecule has 1 aliphatic heterocycles. The Balaban J connectivity index is 1.63. The maximum absolute atomic E-state index is 12.5. The Labute approximate surface area is 146 Å². The summed E-state index contributed by atoms with van der Waals surface area (Å²) >= 11 is 0. The molecule has 2 amide bonds. The van der Waals surface area contributed by atoms with Crippen LogP contribution in [-0.2, 0) is 4.74 Å². The van der Waals surface area contributed by atoms with Crippen molar-refractivity contribution in [3.63, 3.8) is 0 Å². The number of methoxy groups -OCH3 is 1. The molecule has 7 heteroatoms. The number of carbonyl (C=O) groups is 2. The number of ether oxygens (including phenoxy) is 1. The summed E-state index contributed by atoms with van der Waals surface area (Å²) in [6, 6.07) is 7.07. The Morgan fingerprint density at radius 3 is 2.76 bits per heavy atom. The van der Waals surface area contributed by atoms with Crippen molar-refractivity contribution >= 4 is 12.0 Å². The fourth-order valence-electron chi connectivity index (χ4n) is 2.97. The van der Waals surface area contributed by atoms with Gasteiger partial charge in [-0.1, -0.05) is 12.1 Å². The van der Waals surface area contributed by atoms with Gasteiger partial charge in [-0.2, -0.15) is 0 Å². The summed E-state index contributed by atoms with van der Waals surface area (Å²) < 4.78 is 10.0. The first-order valence-electron chi connectivity index (χ1n) is 8.30. The zero-order valence-corrected chi connectivity index (χ0v) is 14.1. The molecule has 0 saturated carbocycles. The number of nitrogens with one attached hydrogen (secondary N) is 1. The highest BCUT2D eigenvalue weighted by Gasteiger charge is 2.24. The van der Waals surface area contributed by atoms with Crippen LogP contribution in [-0.4, -0.2) is 48.1 Å². The van der Waals surface area contributed by atoms with Gasteiger partial charge >= 0.3 is 6.09 Å². The van der Waals surface area contributed by atoms with E-state index in [1.807, 2.05) is 12.1 Å². The predicted octanol–water partition coefficient (Wildman–Crippen LogP) is 2.69. The van der Waals surface area contributed by atoms with E-state index in [9.17, 15) is 9.59 Å². The van der Waals surface area contributed by atoms with E-state index in [2.05, 4.69) is 10.3 Å². The Kier molecular flexibility index (Phi) is 5.33. The summed E-state index contributed by atoms with van der Waals surface area (Å²) in [7, 11) is 1.37. The van der Waals surface area contributed by atoms with Crippen LogP contribution in [0.25, 0.3) is 11.3 Å². The van der Waals surface area contributed by atoms with Crippen molar-refractivity contribution in [1.82, 2.24) is 15.2 Å². The minimum atomic E-state index is -0.349. The van der Waals surface area contributed by atoms with Crippen molar-refractivity contribution in [2.45, 2.75) is 25.3 Å². The van der Waals surface area contributed by atoms with Crippen LogP contribution < -0.4 is 5.32 Å². The minimum absolute atomic E-state index is 0.0805. The van der Waals surface area contributed by atoms with Crippen molar-refractivity contribution in [2.24, 2.45) is 0 Å². The van der Waals surface area contributed by atoms with Crippen LogP contribution in [0.15, 0.2) is 41.3 Å². The molecule has 2 heterocycles. The second-order valence-electron chi connectivity index (χ2n) is 6.03. The molecule has 1 saturated heterocycles. The lowest BCUT2D eigenvalue weighted by atomic mass is 10.1. The van der Waals surface area contributed by atoms with Gasteiger partial charge in [0.2, 0.25) is 0 Å². The van der Waals surface area contributed by atoms with Gasteiger partial charge in [-0.3, -0.25) is 4.79 Å². The van der Waals surface area contributed by atoms with Gasteiger partial charge in [0.05, 0.1) is 13.3 Å². The standard InChI is InChI=1S/C18H21N3O4/c1-24-18(23)21-9-3-2-4-15(11-21)20-17(22)14-7-5-13(6-8-14)16-10-19-12-25-16/h5-8,10,12,15H,2-4,9,11H2,1H3,(H,20,22). The number of benzene rings is 1. The maximum Gasteiger partial charge on any atom is 0.409 e. The number of hydrogen-bond acceptors (Lipinski definition) is 5. The minimum Gasteiger partial charge on any atom is -0.453 e. The van der Waals surface area contributed by atoms with Crippen molar-refractivity contribution < 1.29 is 18.7 Å². The van der Waals surface area contributed by atoms with Crippen molar-refractivity contribution in [3.05, 3.63) is 42.4 Å². The van der Waals surface area contributed by atoms with Gasteiger partial charge in [-0.15, -0.1) is 0 Å². The van der Waals surface area contributed by atoms with Gasteiger partial charge in [0.25, 0.3) is 5.91 Å². The number of rotatable bonds is 3. The quantitative estimate of drug-likeness (QED) is 0.926. The average Bonchev–Trinajstić information content (AvgIpc) is 3.08. The molecule has 1 aromatic heterocycles. The molecular weight excluding hydrogens is 322 g/mol. The van der Waals surface area contributed by atoms with Crippen LogP contribution in [0.2, 0.25) is 0 Å². The lowest BCUT2D eigenvalue weighted by Gasteiger charge is -2.24. The lowest BCUT2D eigenvalue weighted by Crippen LogP contribution is -2.44. The molecule has 0 spiro atoms. The first kappa shape index (κ1) is 17.0. The molecule has 1 aromatic carbocycles. The van der Waals surface area contributed by atoms with Crippen LogP contribution in [0.5, 0.6) is 0 Å². The molecule has 1 N–H and O–H groups in total. The summed E-state index contributed by atoms with van der Waals surface area (Å²) in [5.41, 5.74) is 1.43. The number of aromatic nitrogens is 1. The summed E-state index contributed by atoms with van der Waals surface area (Å²) in [6.45, 7) is 1.12. The number of hydrogen-bond donors (Lipinski definition) is 1. The molecule has 1 atom stereocenters. The first-order valence-corrected chi connectivity index (χ1v) is 8.30. The second-order valence-corrected chi connectivity index (χ2v) is 6.03. The van der Waals surface area contributed by atoms with Gasteiger partial charge in [-0.25, -0.2) is 9.78 Å². The van der Waals surface area contributed by atoms with Crippen LogP contribution in [0.1, 0.15) is 29.6 Å². The maximum atomic E-state index is 12.5. The van der Waals surface area contributed by atoms with E-state index < -0.39 is 0 Å². The van der Waals surface area contributed by atoms with E-state index in [1.54, 1.807) is 23.2 Å². The normalized spacial score (nSPS) is 17.6. The first-order chi connectivity index (χ1) is 12.2. The number of carbonyl (C=O) groups excluding carboxylic acids is 2. The number of likely N-dealkylation sites (tertiary alicyclic amines) is 1. The van der Waals surface area contributed by atoms with Gasteiger partial charge < -0.3 is 19.4 Å². The molecular formula is C18H21N3O4. The highest BCUT2D eigenvalue weighted by atomic mass is 16.5. The van der Waals surface area contributed by atoms with Gasteiger partial charge in [-0.05, 0) is 31.4 Å². The highest BCUT2D eigenvalue weighted by Crippen LogP contribution is 2.19. The molecule has 1 unspecified atom stereocenters. The van der Waals surface area contributed by atoms with E-state index in [-0.39, 0.29) is 18.0 Å². The van der Waals surface area contributed by atoms with Crippen molar-refractivity contribution in [1.29, 1.82) is 0 Å². The summed E-state index contributed by atoms with van der Waals surface area (Å²) in [5, 5.41) is 3.01. The Hall–Kier alpha value is -2.83. The van der Waals surface area contributed by atoms with Gasteiger partial charge in [0.1, 0.15) is 0 Å². The van der Waals surface area contributed by atoms with Crippen molar-refractivity contribution in [2.75, 3.05) is 20.2 Å². The lowest BCUT2D eigenvalue weighted by molar-refractivity contribution is 0.0913. The van der Waals surface area contributed by atoms with E-state index in [1.165, 1.54) is 13.5 Å². The van der Waals surface area contributed by atoms with Gasteiger partial charge in [0.15, 0.2) is 12.2 Å². The monoisotopic (exact) mass is 343 g/mol. The average molecular weight is 343 g/mol. The largest absolute Gasteiger partial charge is 0.453 e. The third kappa shape index (κ3) is 4.17. The Morgan fingerprint density at radius 1 is 1.28 bits per heavy atom. The molecule has 132 valence electrons. The zero-order chi connectivity index (χ0) is 17.6. The molecule has 2 aromatic rings. The third-order valence-corrected chi connectivity index (χ3v) is 4.30. The van der Waals surface area contributed by atoms with Crippen LogP contribution in [0.4, 0.5) is 4.79 Å². The summed E-state index contributed by atoms with van der Waals surface area (Å²) in [5.74, 6) is 0.505. The number of nitrogens with zero attached hydrogens (tertiary/aromatic N) is 2. The van der Waals surface area contributed by atoms with Crippen LogP contribution in [0, 0.1) is 0 Å². The Morgan fingerprint density at radius 2 is 2.08 bits per heavy atom. The highest BCUT2D eigenvalue weighted by molar-refractivity contribution is 5.94. The Bertz CT molecular complexity index is 712. The van der Waals surface area contributed by atoms with Crippen molar-refractivity contribution in [3.8, 4) is 11.3 Å². The van der Waals surface area contributed by atoms with E-state index in [0.29, 0.717) is 24.4 Å². The molecule has 7 nitrogen and oxygen atoms in total. The molecule has 0 bridgehead atoms. The van der Waals surface area contributed by atoms with E-state index in [4.69, 9.17) is 9.15 Å². The number of oxazole rings is 1. The van der Waals surface area contributed by atoms with Crippen LogP contribution in [0.3, 0.4) is 0 Å². The molecule has 1 fully saturated rings. The van der Waals surface area contributed by atoms with Gasteiger partial charge in [0, 0.05) is 30.3 Å². The van der Waals surface area contributed by atoms with Crippen LogP contribution >= 0.6 is 0 Å². The van der Waals surface area contributed by atoms with E-state index in [0.717, 1.165) is 24.8 Å². The molecule has 25 heavy (non-hydrogen) atoms. The fraction of sp³-hybridized carbons (Fsp3) is 0.389. The number of amides is 2. The smallest absolute Gasteiger partial charge is 0.409 e.